The molecule has 0 spiro atoms. The second-order valence-electron chi connectivity index (χ2n) is 5.92. The van der Waals surface area contributed by atoms with E-state index in [1.165, 1.54) is 0 Å². The molecule has 0 bridgehead atoms. The summed E-state index contributed by atoms with van der Waals surface area (Å²) in [5.74, 6) is 0.715. The number of hydrogen-bond donors (Lipinski definition) is 2. The molecule has 2 aromatic rings. The van der Waals surface area contributed by atoms with Crippen LogP contribution >= 0.6 is 0 Å². The van der Waals surface area contributed by atoms with Crippen molar-refractivity contribution in [2.45, 2.75) is 33.7 Å². The lowest BCUT2D eigenvalue weighted by atomic mass is 10.1. The SMILES string of the molecule is CC(C)Cc1cc(C(=O)NCC(C)Cn2cccn2)n[nH]1. The number of hydrogen-bond acceptors (Lipinski definition) is 3. The predicted octanol–water partition coefficient (Wildman–Crippen LogP) is 1.87. The van der Waals surface area contributed by atoms with Gasteiger partial charge < -0.3 is 5.32 Å². The summed E-state index contributed by atoms with van der Waals surface area (Å²) in [5.41, 5.74) is 1.46. The van der Waals surface area contributed by atoms with E-state index in [-0.39, 0.29) is 5.91 Å². The van der Waals surface area contributed by atoms with Crippen LogP contribution in [0.1, 0.15) is 37.0 Å². The number of H-pyrrole nitrogens is 1. The highest BCUT2D eigenvalue weighted by Crippen LogP contribution is 2.07. The molecule has 2 rings (SSSR count). The van der Waals surface area contributed by atoms with Crippen molar-refractivity contribution in [3.8, 4) is 0 Å². The third-order valence-corrected chi connectivity index (χ3v) is 3.16. The Morgan fingerprint density at radius 3 is 2.90 bits per heavy atom. The Morgan fingerprint density at radius 2 is 2.24 bits per heavy atom. The summed E-state index contributed by atoms with van der Waals surface area (Å²) in [7, 11) is 0. The normalized spacial score (nSPS) is 12.6. The molecule has 0 fully saturated rings. The minimum absolute atomic E-state index is 0.131. The molecule has 2 heterocycles. The topological polar surface area (TPSA) is 75.6 Å². The number of rotatable bonds is 7. The van der Waals surface area contributed by atoms with Gasteiger partial charge in [-0.15, -0.1) is 0 Å². The van der Waals surface area contributed by atoms with Crippen molar-refractivity contribution in [1.29, 1.82) is 0 Å². The van der Waals surface area contributed by atoms with E-state index < -0.39 is 0 Å². The van der Waals surface area contributed by atoms with Crippen LogP contribution in [0, 0.1) is 11.8 Å². The fraction of sp³-hybridized carbons (Fsp3) is 0.533. The van der Waals surface area contributed by atoms with Gasteiger partial charge in [-0.05, 0) is 30.4 Å². The average molecular weight is 289 g/mol. The molecule has 0 aromatic carbocycles. The van der Waals surface area contributed by atoms with Crippen molar-refractivity contribution in [2.24, 2.45) is 11.8 Å². The Labute approximate surface area is 124 Å². The lowest BCUT2D eigenvalue weighted by Gasteiger charge is -2.12. The Balaban J connectivity index is 1.79. The number of aromatic amines is 1. The van der Waals surface area contributed by atoms with Crippen LogP contribution < -0.4 is 5.32 Å². The first-order valence-electron chi connectivity index (χ1n) is 7.34. The maximum atomic E-state index is 12.0. The first-order valence-corrected chi connectivity index (χ1v) is 7.34. The van der Waals surface area contributed by atoms with E-state index >= 15 is 0 Å². The largest absolute Gasteiger partial charge is 0.350 e. The third kappa shape index (κ3) is 4.73. The number of carbonyl (C=O) groups excluding carboxylic acids is 1. The van der Waals surface area contributed by atoms with Crippen LogP contribution in [-0.4, -0.2) is 32.4 Å². The van der Waals surface area contributed by atoms with Crippen molar-refractivity contribution < 1.29 is 4.79 Å². The average Bonchev–Trinajstić information content (AvgIpc) is 3.07. The van der Waals surface area contributed by atoms with Crippen LogP contribution in [0.5, 0.6) is 0 Å². The first-order chi connectivity index (χ1) is 10.0. The fourth-order valence-corrected chi connectivity index (χ4v) is 2.17. The van der Waals surface area contributed by atoms with E-state index in [4.69, 9.17) is 0 Å². The van der Waals surface area contributed by atoms with Crippen LogP contribution in [0.15, 0.2) is 24.5 Å². The molecule has 2 N–H and O–H groups in total. The van der Waals surface area contributed by atoms with Crippen LogP contribution in [0.4, 0.5) is 0 Å². The summed E-state index contributed by atoms with van der Waals surface area (Å²) < 4.78 is 1.87. The molecule has 1 amide bonds. The fourth-order valence-electron chi connectivity index (χ4n) is 2.17. The summed E-state index contributed by atoms with van der Waals surface area (Å²) in [6.07, 6.45) is 4.57. The maximum absolute atomic E-state index is 12.0. The molecule has 0 aliphatic carbocycles. The Kier molecular flexibility index (Phi) is 5.14. The summed E-state index contributed by atoms with van der Waals surface area (Å²) >= 11 is 0. The van der Waals surface area contributed by atoms with E-state index in [9.17, 15) is 4.79 Å². The summed E-state index contributed by atoms with van der Waals surface area (Å²) in [6, 6.07) is 3.72. The van der Waals surface area contributed by atoms with E-state index in [0.29, 0.717) is 24.1 Å². The van der Waals surface area contributed by atoms with Gasteiger partial charge in [-0.3, -0.25) is 14.6 Å². The summed E-state index contributed by atoms with van der Waals surface area (Å²) in [4.78, 5) is 12.0. The van der Waals surface area contributed by atoms with E-state index in [1.807, 2.05) is 23.0 Å². The van der Waals surface area contributed by atoms with Gasteiger partial charge in [0.25, 0.3) is 5.91 Å². The highest BCUT2D eigenvalue weighted by Gasteiger charge is 2.12. The third-order valence-electron chi connectivity index (χ3n) is 3.16. The van der Waals surface area contributed by atoms with Crippen LogP contribution in [0.3, 0.4) is 0 Å². The zero-order valence-electron chi connectivity index (χ0n) is 12.8. The van der Waals surface area contributed by atoms with Crippen molar-refractivity contribution >= 4 is 5.91 Å². The summed E-state index contributed by atoms with van der Waals surface area (Å²) in [5, 5.41) is 14.1. The van der Waals surface area contributed by atoms with Crippen molar-refractivity contribution in [3.05, 3.63) is 35.9 Å². The van der Waals surface area contributed by atoms with Gasteiger partial charge in [0.1, 0.15) is 5.69 Å². The van der Waals surface area contributed by atoms with Crippen molar-refractivity contribution in [3.63, 3.8) is 0 Å². The quantitative estimate of drug-likeness (QED) is 0.817. The van der Waals surface area contributed by atoms with Gasteiger partial charge in [-0.2, -0.15) is 10.2 Å². The lowest BCUT2D eigenvalue weighted by molar-refractivity contribution is 0.0941. The number of aromatic nitrogens is 4. The van der Waals surface area contributed by atoms with Gasteiger partial charge in [0, 0.05) is 31.2 Å². The van der Waals surface area contributed by atoms with Crippen LogP contribution in [-0.2, 0) is 13.0 Å². The molecule has 114 valence electrons. The molecule has 0 aliphatic heterocycles. The Hall–Kier alpha value is -2.11. The Bertz CT molecular complexity index is 558. The minimum atomic E-state index is -0.131. The highest BCUT2D eigenvalue weighted by atomic mass is 16.1. The van der Waals surface area contributed by atoms with Gasteiger partial charge in [-0.25, -0.2) is 0 Å². The number of carbonyl (C=O) groups is 1. The van der Waals surface area contributed by atoms with E-state index in [0.717, 1.165) is 18.7 Å². The Morgan fingerprint density at radius 1 is 1.43 bits per heavy atom. The monoisotopic (exact) mass is 289 g/mol. The first kappa shape index (κ1) is 15.3. The molecule has 1 unspecified atom stereocenters. The molecule has 1 atom stereocenters. The molecule has 6 nitrogen and oxygen atoms in total. The second kappa shape index (κ2) is 7.06. The minimum Gasteiger partial charge on any atom is -0.350 e. The van der Waals surface area contributed by atoms with Gasteiger partial charge >= 0.3 is 0 Å². The number of amides is 1. The molecular formula is C15H23N5O. The van der Waals surface area contributed by atoms with Gasteiger partial charge in [0.05, 0.1) is 0 Å². The van der Waals surface area contributed by atoms with Crippen LogP contribution in [0.25, 0.3) is 0 Å². The maximum Gasteiger partial charge on any atom is 0.271 e. The van der Waals surface area contributed by atoms with Crippen molar-refractivity contribution in [2.75, 3.05) is 6.54 Å². The van der Waals surface area contributed by atoms with Gasteiger partial charge in [0.2, 0.25) is 0 Å². The molecule has 0 radical (unpaired) electrons. The molecule has 21 heavy (non-hydrogen) atoms. The lowest BCUT2D eigenvalue weighted by Crippen LogP contribution is -2.30. The van der Waals surface area contributed by atoms with Crippen LogP contribution in [0.2, 0.25) is 0 Å². The second-order valence-corrected chi connectivity index (χ2v) is 5.92. The molecular weight excluding hydrogens is 266 g/mol. The molecule has 6 heteroatoms. The van der Waals surface area contributed by atoms with Gasteiger partial charge in [0.15, 0.2) is 0 Å². The molecule has 2 aromatic heterocycles. The zero-order valence-corrected chi connectivity index (χ0v) is 12.8. The molecule has 0 saturated heterocycles. The van der Waals surface area contributed by atoms with Crippen molar-refractivity contribution in [1.82, 2.24) is 25.3 Å². The number of nitrogens with zero attached hydrogens (tertiary/aromatic N) is 3. The standard InChI is InChI=1S/C15H23N5O/c1-11(2)7-13-8-14(19-18-13)15(21)16-9-12(3)10-20-6-4-5-17-20/h4-6,8,11-12H,7,9-10H2,1-3H3,(H,16,21)(H,18,19). The van der Waals surface area contributed by atoms with Gasteiger partial charge in [-0.1, -0.05) is 20.8 Å². The van der Waals surface area contributed by atoms with E-state index in [2.05, 4.69) is 41.4 Å². The molecule has 0 aliphatic rings. The predicted molar refractivity (Wildman–Crippen MR) is 80.9 cm³/mol. The smallest absolute Gasteiger partial charge is 0.271 e. The summed E-state index contributed by atoms with van der Waals surface area (Å²) in [6.45, 7) is 7.74. The highest BCUT2D eigenvalue weighted by molar-refractivity contribution is 5.92. The van der Waals surface area contributed by atoms with E-state index in [1.54, 1.807) is 6.20 Å². The molecule has 0 saturated carbocycles. The zero-order chi connectivity index (χ0) is 15.2. The number of nitrogens with one attached hydrogen (secondary N) is 2.